The van der Waals surface area contributed by atoms with Crippen molar-refractivity contribution in [2.45, 2.75) is 39.0 Å². The van der Waals surface area contributed by atoms with Crippen LogP contribution in [0.2, 0.25) is 0 Å². The largest absolute Gasteiger partial charge is 0.481 e. The topological polar surface area (TPSA) is 59.4 Å². The van der Waals surface area contributed by atoms with Crippen LogP contribution in [0.5, 0.6) is 0 Å². The van der Waals surface area contributed by atoms with E-state index >= 15 is 0 Å². The SMILES string of the molecule is CCCc1nc(CCOC)sc1CCC(=O)O. The van der Waals surface area contributed by atoms with Crippen LogP contribution in [0.15, 0.2) is 0 Å². The maximum atomic E-state index is 10.6. The number of hydrogen-bond acceptors (Lipinski definition) is 4. The first-order valence-corrected chi connectivity index (χ1v) is 6.67. The van der Waals surface area contributed by atoms with Gasteiger partial charge in [0, 0.05) is 18.4 Å². The van der Waals surface area contributed by atoms with Gasteiger partial charge in [0.1, 0.15) is 0 Å². The van der Waals surface area contributed by atoms with Crippen molar-refractivity contribution in [3.63, 3.8) is 0 Å². The van der Waals surface area contributed by atoms with Crippen LogP contribution < -0.4 is 0 Å². The molecule has 1 rings (SSSR count). The van der Waals surface area contributed by atoms with E-state index in [1.54, 1.807) is 18.4 Å². The summed E-state index contributed by atoms with van der Waals surface area (Å²) in [5.41, 5.74) is 1.07. The molecule has 0 aromatic carbocycles. The zero-order chi connectivity index (χ0) is 12.7. The van der Waals surface area contributed by atoms with Crippen LogP contribution in [0.25, 0.3) is 0 Å². The van der Waals surface area contributed by atoms with Crippen molar-refractivity contribution in [1.29, 1.82) is 0 Å². The van der Waals surface area contributed by atoms with Gasteiger partial charge in [-0.3, -0.25) is 4.79 Å². The van der Waals surface area contributed by atoms with E-state index in [-0.39, 0.29) is 6.42 Å². The second-order valence-corrected chi connectivity index (χ2v) is 5.03. The average Bonchev–Trinajstić information content (AvgIpc) is 2.67. The van der Waals surface area contributed by atoms with Gasteiger partial charge < -0.3 is 9.84 Å². The number of carboxylic acids is 1. The van der Waals surface area contributed by atoms with Crippen LogP contribution in [0, 0.1) is 0 Å². The van der Waals surface area contributed by atoms with E-state index in [0.717, 1.165) is 34.8 Å². The molecule has 0 bridgehead atoms. The molecular weight excluding hydrogens is 238 g/mol. The Kier molecular flexibility index (Phi) is 6.15. The summed E-state index contributed by atoms with van der Waals surface area (Å²) in [6.45, 7) is 2.77. The summed E-state index contributed by atoms with van der Waals surface area (Å²) in [7, 11) is 1.67. The summed E-state index contributed by atoms with van der Waals surface area (Å²) in [6, 6.07) is 0. The molecule has 4 nitrogen and oxygen atoms in total. The van der Waals surface area contributed by atoms with Crippen molar-refractivity contribution < 1.29 is 14.6 Å². The molecule has 17 heavy (non-hydrogen) atoms. The van der Waals surface area contributed by atoms with Crippen LogP contribution >= 0.6 is 11.3 Å². The molecule has 0 radical (unpaired) electrons. The van der Waals surface area contributed by atoms with E-state index in [0.29, 0.717) is 13.0 Å². The minimum absolute atomic E-state index is 0.183. The number of methoxy groups -OCH3 is 1. The highest BCUT2D eigenvalue weighted by molar-refractivity contribution is 7.11. The molecule has 0 aliphatic heterocycles. The zero-order valence-electron chi connectivity index (χ0n) is 10.4. The molecule has 5 heteroatoms. The fourth-order valence-electron chi connectivity index (χ4n) is 1.58. The quantitative estimate of drug-likeness (QED) is 0.776. The zero-order valence-corrected chi connectivity index (χ0v) is 11.2. The molecule has 0 fully saturated rings. The monoisotopic (exact) mass is 257 g/mol. The number of hydrogen-bond donors (Lipinski definition) is 1. The van der Waals surface area contributed by atoms with Gasteiger partial charge in [0.2, 0.25) is 0 Å². The average molecular weight is 257 g/mol. The lowest BCUT2D eigenvalue weighted by atomic mass is 10.2. The van der Waals surface area contributed by atoms with Gasteiger partial charge in [-0.25, -0.2) is 4.98 Å². The van der Waals surface area contributed by atoms with Crippen LogP contribution in [-0.2, 0) is 28.8 Å². The standard InChI is InChI=1S/C12H19NO3S/c1-3-4-9-10(5-6-12(14)15)17-11(13-9)7-8-16-2/h3-8H2,1-2H3,(H,14,15). The fourth-order valence-corrected chi connectivity index (χ4v) is 2.68. The molecule has 0 saturated heterocycles. The van der Waals surface area contributed by atoms with Crippen LogP contribution in [0.3, 0.4) is 0 Å². The highest BCUT2D eigenvalue weighted by atomic mass is 32.1. The number of nitrogens with zero attached hydrogens (tertiary/aromatic N) is 1. The van der Waals surface area contributed by atoms with Crippen molar-refractivity contribution in [2.24, 2.45) is 0 Å². The number of ether oxygens (including phenoxy) is 1. The van der Waals surface area contributed by atoms with Gasteiger partial charge in [-0.2, -0.15) is 0 Å². The predicted octanol–water partition coefficient (Wildman–Crippen LogP) is 2.30. The number of carboxylic acid groups (broad SMARTS) is 1. The van der Waals surface area contributed by atoms with Crippen LogP contribution in [0.1, 0.15) is 35.3 Å². The van der Waals surface area contributed by atoms with Gasteiger partial charge in [0.05, 0.1) is 23.7 Å². The number of carbonyl (C=O) groups is 1. The first-order chi connectivity index (χ1) is 8.17. The van der Waals surface area contributed by atoms with E-state index in [4.69, 9.17) is 9.84 Å². The van der Waals surface area contributed by atoms with Crippen LogP contribution in [-0.4, -0.2) is 29.8 Å². The minimum Gasteiger partial charge on any atom is -0.481 e. The normalized spacial score (nSPS) is 10.7. The van der Waals surface area contributed by atoms with E-state index in [1.807, 2.05) is 0 Å². The van der Waals surface area contributed by atoms with Crippen LogP contribution in [0.4, 0.5) is 0 Å². The molecule has 1 aromatic heterocycles. The highest BCUT2D eigenvalue weighted by Crippen LogP contribution is 2.22. The lowest BCUT2D eigenvalue weighted by Gasteiger charge is -1.97. The molecular formula is C12H19NO3S. The highest BCUT2D eigenvalue weighted by Gasteiger charge is 2.11. The summed E-state index contributed by atoms with van der Waals surface area (Å²) in [5.74, 6) is -0.751. The van der Waals surface area contributed by atoms with Gasteiger partial charge >= 0.3 is 5.97 Å². The van der Waals surface area contributed by atoms with E-state index in [9.17, 15) is 4.79 Å². The minimum atomic E-state index is -0.751. The molecule has 96 valence electrons. The smallest absolute Gasteiger partial charge is 0.303 e. The van der Waals surface area contributed by atoms with Crippen molar-refractivity contribution in [1.82, 2.24) is 4.98 Å². The number of rotatable bonds is 8. The summed E-state index contributed by atoms with van der Waals surface area (Å²) in [4.78, 5) is 16.3. The molecule has 1 N–H and O–H groups in total. The van der Waals surface area contributed by atoms with Crippen molar-refractivity contribution in [3.05, 3.63) is 15.6 Å². The Morgan fingerprint density at radius 2 is 2.18 bits per heavy atom. The molecule has 0 atom stereocenters. The maximum Gasteiger partial charge on any atom is 0.303 e. The molecule has 0 unspecified atom stereocenters. The number of aryl methyl sites for hydroxylation is 2. The van der Waals surface area contributed by atoms with Crippen molar-refractivity contribution in [2.75, 3.05) is 13.7 Å². The second-order valence-electron chi connectivity index (χ2n) is 3.86. The fraction of sp³-hybridized carbons (Fsp3) is 0.667. The first kappa shape index (κ1) is 14.1. The number of thiazole rings is 1. The third kappa shape index (κ3) is 4.83. The number of aliphatic carboxylic acids is 1. The second kappa shape index (κ2) is 7.40. The first-order valence-electron chi connectivity index (χ1n) is 5.85. The molecule has 0 amide bonds. The van der Waals surface area contributed by atoms with Gasteiger partial charge in [-0.1, -0.05) is 13.3 Å². The maximum absolute atomic E-state index is 10.6. The summed E-state index contributed by atoms with van der Waals surface area (Å²) >= 11 is 1.63. The third-order valence-electron chi connectivity index (χ3n) is 2.40. The summed E-state index contributed by atoms with van der Waals surface area (Å²) in [5, 5.41) is 9.76. The van der Waals surface area contributed by atoms with Crippen molar-refractivity contribution in [3.8, 4) is 0 Å². The number of aromatic nitrogens is 1. The Morgan fingerprint density at radius 3 is 2.76 bits per heavy atom. The predicted molar refractivity (Wildman–Crippen MR) is 67.6 cm³/mol. The Bertz CT molecular complexity index is 363. The Balaban J connectivity index is 2.69. The molecule has 0 saturated carbocycles. The van der Waals surface area contributed by atoms with Gasteiger partial charge in [0.25, 0.3) is 0 Å². The van der Waals surface area contributed by atoms with Gasteiger partial charge in [0.15, 0.2) is 0 Å². The third-order valence-corrected chi connectivity index (χ3v) is 3.61. The molecule has 1 heterocycles. The Morgan fingerprint density at radius 1 is 1.41 bits per heavy atom. The van der Waals surface area contributed by atoms with E-state index < -0.39 is 5.97 Å². The summed E-state index contributed by atoms with van der Waals surface area (Å²) < 4.78 is 5.03. The lowest BCUT2D eigenvalue weighted by Crippen LogP contribution is -1.98. The molecule has 0 aliphatic carbocycles. The molecule has 1 aromatic rings. The van der Waals surface area contributed by atoms with E-state index in [2.05, 4.69) is 11.9 Å². The van der Waals surface area contributed by atoms with E-state index in [1.165, 1.54) is 0 Å². The van der Waals surface area contributed by atoms with Gasteiger partial charge in [-0.05, 0) is 12.8 Å². The Hall–Kier alpha value is -0.940. The lowest BCUT2D eigenvalue weighted by molar-refractivity contribution is -0.136. The summed E-state index contributed by atoms with van der Waals surface area (Å²) in [6.07, 6.45) is 3.55. The Labute approximate surface area is 106 Å². The molecule has 0 aliphatic rings. The van der Waals surface area contributed by atoms with Gasteiger partial charge in [-0.15, -0.1) is 11.3 Å². The molecule has 0 spiro atoms. The van der Waals surface area contributed by atoms with Crippen molar-refractivity contribution >= 4 is 17.3 Å².